The molecule has 120 valence electrons. The van der Waals surface area contributed by atoms with Gasteiger partial charge in [-0.25, -0.2) is 0 Å². The Labute approximate surface area is 125 Å². The average molecular weight is 302 g/mol. The number of rotatable bonds is 9. The van der Waals surface area contributed by atoms with Crippen LogP contribution in [0.3, 0.4) is 0 Å². The molecule has 0 aliphatic heterocycles. The molecule has 21 heavy (non-hydrogen) atoms. The van der Waals surface area contributed by atoms with Crippen LogP contribution in [0.15, 0.2) is 30.3 Å². The van der Waals surface area contributed by atoms with Crippen LogP contribution in [0.5, 0.6) is 0 Å². The molecule has 1 aromatic rings. The molecule has 1 atom stereocenters. The van der Waals surface area contributed by atoms with Crippen LogP contribution in [0.2, 0.25) is 0 Å². The zero-order chi connectivity index (χ0) is 15.7. The van der Waals surface area contributed by atoms with E-state index in [0.717, 1.165) is 19.4 Å². The summed E-state index contributed by atoms with van der Waals surface area (Å²) in [6.07, 6.45) is -2.99. The Kier molecular flexibility index (Phi) is 7.75. The van der Waals surface area contributed by atoms with Crippen molar-refractivity contribution >= 4 is 0 Å². The molecular weight excluding hydrogens is 277 g/mol. The molecule has 0 radical (unpaired) electrons. The van der Waals surface area contributed by atoms with Crippen molar-refractivity contribution in [2.75, 3.05) is 26.7 Å². The first-order valence-corrected chi connectivity index (χ1v) is 7.46. The van der Waals surface area contributed by atoms with Crippen molar-refractivity contribution in [3.63, 3.8) is 0 Å². The van der Waals surface area contributed by atoms with Crippen molar-refractivity contribution in [3.8, 4) is 0 Å². The predicted octanol–water partition coefficient (Wildman–Crippen LogP) is 4.00. The van der Waals surface area contributed by atoms with E-state index in [4.69, 9.17) is 0 Å². The summed E-state index contributed by atoms with van der Waals surface area (Å²) in [7, 11) is 1.74. The van der Waals surface area contributed by atoms with Crippen molar-refractivity contribution in [2.24, 2.45) is 0 Å². The van der Waals surface area contributed by atoms with E-state index in [1.807, 2.05) is 18.2 Å². The van der Waals surface area contributed by atoms with Crippen LogP contribution >= 0.6 is 0 Å². The zero-order valence-corrected chi connectivity index (χ0v) is 12.8. The molecule has 1 rings (SSSR count). The molecular formula is C16H25F3N2. The van der Waals surface area contributed by atoms with Gasteiger partial charge in [0.25, 0.3) is 0 Å². The number of nitrogens with one attached hydrogen (secondary N) is 1. The summed E-state index contributed by atoms with van der Waals surface area (Å²) in [6, 6.07) is 10.3. The Morgan fingerprint density at radius 2 is 1.81 bits per heavy atom. The minimum absolute atomic E-state index is 0.0544. The summed E-state index contributed by atoms with van der Waals surface area (Å²) in [4.78, 5) is 1.75. The van der Waals surface area contributed by atoms with Gasteiger partial charge in [0.15, 0.2) is 0 Å². The number of nitrogens with zero attached hydrogens (tertiary/aromatic N) is 1. The third-order valence-electron chi connectivity index (χ3n) is 3.42. The van der Waals surface area contributed by atoms with Gasteiger partial charge in [0.05, 0.1) is 6.42 Å². The highest BCUT2D eigenvalue weighted by molar-refractivity contribution is 5.18. The van der Waals surface area contributed by atoms with Crippen molar-refractivity contribution < 1.29 is 13.2 Å². The molecule has 0 amide bonds. The van der Waals surface area contributed by atoms with Crippen molar-refractivity contribution in [3.05, 3.63) is 35.9 Å². The predicted molar refractivity (Wildman–Crippen MR) is 80.3 cm³/mol. The van der Waals surface area contributed by atoms with E-state index in [9.17, 15) is 13.2 Å². The van der Waals surface area contributed by atoms with Crippen molar-refractivity contribution in [1.29, 1.82) is 0 Å². The fourth-order valence-corrected chi connectivity index (χ4v) is 2.17. The zero-order valence-electron chi connectivity index (χ0n) is 12.8. The van der Waals surface area contributed by atoms with Crippen LogP contribution in [0, 0.1) is 0 Å². The third kappa shape index (κ3) is 8.07. The Hall–Kier alpha value is -1.07. The maximum atomic E-state index is 12.2. The van der Waals surface area contributed by atoms with Crippen molar-refractivity contribution in [2.45, 2.75) is 38.4 Å². The number of hydrogen-bond acceptors (Lipinski definition) is 2. The van der Waals surface area contributed by atoms with Gasteiger partial charge in [-0.05, 0) is 38.5 Å². The standard InChI is InChI=1S/C16H25F3N2/c1-3-11-20-15(14-7-5-4-6-8-14)9-12-21(2)13-10-16(17,18)19/h4-8,15,20H,3,9-13H2,1-2H3. The van der Waals surface area contributed by atoms with E-state index in [1.165, 1.54) is 5.56 Å². The Balaban J connectivity index is 2.46. The smallest absolute Gasteiger partial charge is 0.310 e. The molecule has 0 aliphatic rings. The lowest BCUT2D eigenvalue weighted by Crippen LogP contribution is -2.30. The summed E-state index contributed by atoms with van der Waals surface area (Å²) in [5.41, 5.74) is 1.19. The quantitative estimate of drug-likeness (QED) is 0.741. The molecule has 0 aliphatic carbocycles. The normalized spacial score (nSPS) is 13.6. The molecule has 0 saturated carbocycles. The second-order valence-corrected chi connectivity index (χ2v) is 5.37. The maximum absolute atomic E-state index is 12.2. The molecule has 1 N–H and O–H groups in total. The fourth-order valence-electron chi connectivity index (χ4n) is 2.17. The third-order valence-corrected chi connectivity index (χ3v) is 3.42. The van der Waals surface area contributed by atoms with E-state index >= 15 is 0 Å². The SMILES string of the molecule is CCCNC(CCN(C)CCC(F)(F)F)c1ccccc1. The second kappa shape index (κ2) is 9.05. The van der Waals surface area contributed by atoms with E-state index < -0.39 is 12.6 Å². The van der Waals surface area contributed by atoms with Crippen LogP contribution in [0.1, 0.15) is 37.8 Å². The van der Waals surface area contributed by atoms with E-state index in [-0.39, 0.29) is 12.6 Å². The topological polar surface area (TPSA) is 15.3 Å². The molecule has 0 bridgehead atoms. The molecule has 0 fully saturated rings. The molecule has 0 saturated heterocycles. The minimum Gasteiger partial charge on any atom is -0.310 e. The average Bonchev–Trinajstić information content (AvgIpc) is 2.45. The highest BCUT2D eigenvalue weighted by atomic mass is 19.4. The lowest BCUT2D eigenvalue weighted by Gasteiger charge is -2.23. The van der Waals surface area contributed by atoms with E-state index in [1.54, 1.807) is 11.9 Å². The van der Waals surface area contributed by atoms with Crippen LogP contribution in [0.25, 0.3) is 0 Å². The summed E-state index contributed by atoms with van der Waals surface area (Å²) in [5, 5.41) is 3.46. The fraction of sp³-hybridized carbons (Fsp3) is 0.625. The molecule has 2 nitrogen and oxygen atoms in total. The minimum atomic E-state index is -4.08. The van der Waals surface area contributed by atoms with Crippen LogP contribution in [-0.2, 0) is 0 Å². The highest BCUT2D eigenvalue weighted by Gasteiger charge is 2.27. The van der Waals surface area contributed by atoms with Crippen molar-refractivity contribution in [1.82, 2.24) is 10.2 Å². The second-order valence-electron chi connectivity index (χ2n) is 5.37. The van der Waals surface area contributed by atoms with Crippen LogP contribution in [0.4, 0.5) is 13.2 Å². The molecule has 1 unspecified atom stereocenters. The van der Waals surface area contributed by atoms with Gasteiger partial charge in [0.1, 0.15) is 0 Å². The van der Waals surface area contributed by atoms with Gasteiger partial charge in [-0.3, -0.25) is 0 Å². The first-order valence-electron chi connectivity index (χ1n) is 7.46. The summed E-state index contributed by atoms with van der Waals surface area (Å²) >= 11 is 0. The van der Waals surface area contributed by atoms with Gasteiger partial charge >= 0.3 is 6.18 Å². The lowest BCUT2D eigenvalue weighted by atomic mass is 10.0. The van der Waals surface area contributed by atoms with Gasteiger partial charge in [-0.1, -0.05) is 37.3 Å². The summed E-state index contributed by atoms with van der Waals surface area (Å²) in [6.45, 7) is 3.71. The largest absolute Gasteiger partial charge is 0.390 e. The van der Waals surface area contributed by atoms with Gasteiger partial charge in [-0.15, -0.1) is 0 Å². The maximum Gasteiger partial charge on any atom is 0.390 e. The first-order chi connectivity index (χ1) is 9.92. The molecule has 1 aromatic carbocycles. The number of benzene rings is 1. The monoisotopic (exact) mass is 302 g/mol. The molecule has 0 spiro atoms. The van der Waals surface area contributed by atoms with Crippen LogP contribution in [-0.4, -0.2) is 37.8 Å². The summed E-state index contributed by atoms with van der Waals surface area (Å²) in [5.74, 6) is 0. The van der Waals surface area contributed by atoms with E-state index in [2.05, 4.69) is 24.4 Å². The lowest BCUT2D eigenvalue weighted by molar-refractivity contribution is -0.137. The Morgan fingerprint density at radius 3 is 2.38 bits per heavy atom. The van der Waals surface area contributed by atoms with Gasteiger partial charge in [0.2, 0.25) is 0 Å². The van der Waals surface area contributed by atoms with Crippen LogP contribution < -0.4 is 5.32 Å². The van der Waals surface area contributed by atoms with Gasteiger partial charge < -0.3 is 10.2 Å². The molecule has 0 aromatic heterocycles. The van der Waals surface area contributed by atoms with E-state index in [0.29, 0.717) is 6.54 Å². The number of alkyl halides is 3. The Bertz CT molecular complexity index is 379. The van der Waals surface area contributed by atoms with Gasteiger partial charge in [0, 0.05) is 12.6 Å². The highest BCUT2D eigenvalue weighted by Crippen LogP contribution is 2.20. The Morgan fingerprint density at radius 1 is 1.14 bits per heavy atom. The number of halogens is 3. The van der Waals surface area contributed by atoms with Gasteiger partial charge in [-0.2, -0.15) is 13.2 Å². The summed E-state index contributed by atoms with van der Waals surface area (Å²) < 4.78 is 36.6. The molecule has 5 heteroatoms. The number of hydrogen-bond donors (Lipinski definition) is 1. The molecule has 0 heterocycles. The first kappa shape index (κ1) is 18.0.